The third-order valence-corrected chi connectivity index (χ3v) is 5.53. The van der Waals surface area contributed by atoms with Crippen LogP contribution in [0.15, 0.2) is 30.5 Å². The molecule has 28 heavy (non-hydrogen) atoms. The smallest absolute Gasteiger partial charge is 0.287 e. The zero-order valence-corrected chi connectivity index (χ0v) is 15.9. The lowest BCUT2D eigenvalue weighted by atomic mass is 9.75. The van der Waals surface area contributed by atoms with Crippen LogP contribution in [0, 0.1) is 0 Å². The number of amides is 1. The molecular formula is C20H23F2N5O. The molecule has 0 unspecified atom stereocenters. The van der Waals surface area contributed by atoms with E-state index in [-0.39, 0.29) is 17.0 Å². The molecular weight excluding hydrogens is 364 g/mol. The third-order valence-electron chi connectivity index (χ3n) is 5.53. The van der Waals surface area contributed by atoms with E-state index in [1.807, 2.05) is 17.2 Å². The number of alkyl halides is 2. The average Bonchev–Trinajstić information content (AvgIpc) is 2.95. The Balaban J connectivity index is 1.80. The highest BCUT2D eigenvalue weighted by atomic mass is 19.3. The first-order valence-corrected chi connectivity index (χ1v) is 9.40. The van der Waals surface area contributed by atoms with Crippen LogP contribution in [0.3, 0.4) is 0 Å². The van der Waals surface area contributed by atoms with Crippen molar-refractivity contribution < 1.29 is 13.6 Å². The molecule has 1 saturated heterocycles. The molecule has 148 valence electrons. The molecule has 6 nitrogen and oxygen atoms in total. The first kappa shape index (κ1) is 18.7. The van der Waals surface area contributed by atoms with Crippen molar-refractivity contribution in [1.82, 2.24) is 15.3 Å². The first-order chi connectivity index (χ1) is 13.3. The summed E-state index contributed by atoms with van der Waals surface area (Å²) in [6.07, 6.45) is 3.67. The van der Waals surface area contributed by atoms with Crippen molar-refractivity contribution >= 4 is 23.2 Å². The predicted molar refractivity (Wildman–Crippen MR) is 103 cm³/mol. The Morgan fingerprint density at radius 2 is 2.07 bits per heavy atom. The van der Waals surface area contributed by atoms with Crippen LogP contribution >= 0.6 is 0 Å². The number of rotatable bonds is 3. The van der Waals surface area contributed by atoms with E-state index >= 15 is 0 Å². The SMILES string of the molecule is CC(=O)Nc1cc2c(cn1)C1(CCNCC1)CN2c1cccc(C(C)(F)F)n1. The highest BCUT2D eigenvalue weighted by Crippen LogP contribution is 2.49. The molecule has 0 bridgehead atoms. The summed E-state index contributed by atoms with van der Waals surface area (Å²) < 4.78 is 27.7. The van der Waals surface area contributed by atoms with Gasteiger partial charge in [-0.2, -0.15) is 8.78 Å². The predicted octanol–water partition coefficient (Wildman–Crippen LogP) is 3.32. The van der Waals surface area contributed by atoms with Gasteiger partial charge in [0.05, 0.1) is 5.69 Å². The fourth-order valence-corrected chi connectivity index (χ4v) is 4.15. The molecule has 2 aliphatic rings. The number of hydrogen-bond acceptors (Lipinski definition) is 5. The summed E-state index contributed by atoms with van der Waals surface area (Å²) in [4.78, 5) is 22.1. The minimum Gasteiger partial charge on any atom is -0.325 e. The number of carbonyl (C=O) groups excluding carboxylic acids is 1. The highest BCUT2D eigenvalue weighted by Gasteiger charge is 2.45. The van der Waals surface area contributed by atoms with Gasteiger partial charge in [-0.15, -0.1) is 0 Å². The molecule has 0 atom stereocenters. The molecule has 8 heteroatoms. The summed E-state index contributed by atoms with van der Waals surface area (Å²) >= 11 is 0. The Morgan fingerprint density at radius 1 is 1.32 bits per heavy atom. The quantitative estimate of drug-likeness (QED) is 0.846. The summed E-state index contributed by atoms with van der Waals surface area (Å²) in [5.74, 6) is -2.29. The number of nitrogens with one attached hydrogen (secondary N) is 2. The van der Waals surface area contributed by atoms with E-state index < -0.39 is 5.92 Å². The molecule has 4 rings (SSSR count). The van der Waals surface area contributed by atoms with Crippen LogP contribution in [-0.4, -0.2) is 35.5 Å². The lowest BCUT2D eigenvalue weighted by Gasteiger charge is -2.34. The number of halogens is 2. The zero-order valence-electron chi connectivity index (χ0n) is 15.9. The number of pyridine rings is 2. The molecule has 1 spiro atoms. The normalized spacial score (nSPS) is 18.2. The maximum atomic E-state index is 13.8. The average molecular weight is 387 g/mol. The molecule has 4 heterocycles. The van der Waals surface area contributed by atoms with Gasteiger partial charge in [0.25, 0.3) is 5.92 Å². The molecule has 2 N–H and O–H groups in total. The zero-order chi connectivity index (χ0) is 19.9. The van der Waals surface area contributed by atoms with Crippen molar-refractivity contribution in [1.29, 1.82) is 0 Å². The van der Waals surface area contributed by atoms with E-state index in [9.17, 15) is 13.6 Å². The monoisotopic (exact) mass is 387 g/mol. The Labute approximate surface area is 162 Å². The number of hydrogen-bond donors (Lipinski definition) is 2. The second kappa shape index (κ2) is 6.77. The molecule has 1 fully saturated rings. The van der Waals surface area contributed by atoms with Crippen molar-refractivity contribution in [3.63, 3.8) is 0 Å². The fraction of sp³-hybridized carbons (Fsp3) is 0.450. The van der Waals surface area contributed by atoms with Crippen LogP contribution in [0.5, 0.6) is 0 Å². The minimum absolute atomic E-state index is 0.102. The summed E-state index contributed by atoms with van der Waals surface area (Å²) in [6, 6.07) is 6.51. The van der Waals surface area contributed by atoms with E-state index in [0.717, 1.165) is 44.1 Å². The molecule has 1 amide bonds. The van der Waals surface area contributed by atoms with Gasteiger partial charge in [0, 0.05) is 43.6 Å². The minimum atomic E-state index is -3.01. The van der Waals surface area contributed by atoms with Gasteiger partial charge in [-0.25, -0.2) is 9.97 Å². The van der Waals surface area contributed by atoms with Crippen molar-refractivity contribution in [3.8, 4) is 0 Å². The molecule has 0 saturated carbocycles. The molecule has 0 aromatic carbocycles. The van der Waals surface area contributed by atoms with Crippen LogP contribution < -0.4 is 15.5 Å². The van der Waals surface area contributed by atoms with Gasteiger partial charge in [0.2, 0.25) is 5.91 Å². The standard InChI is InChI=1S/C20H23F2N5O/c1-13(28)25-17-10-15-14(11-24-17)20(6-8-23-9-7-20)12-27(15)18-5-3-4-16(26-18)19(2,21)22/h3-5,10-11,23H,6-9,12H2,1-2H3,(H,24,25,28). The Hall–Kier alpha value is -2.61. The third kappa shape index (κ3) is 3.32. The van der Waals surface area contributed by atoms with Gasteiger partial charge in [-0.1, -0.05) is 6.07 Å². The van der Waals surface area contributed by atoms with E-state index in [2.05, 4.69) is 20.6 Å². The maximum Gasteiger partial charge on any atom is 0.287 e. The lowest BCUT2D eigenvalue weighted by molar-refractivity contribution is -0.114. The number of piperidine rings is 1. The first-order valence-electron chi connectivity index (χ1n) is 9.40. The second-order valence-electron chi connectivity index (χ2n) is 7.65. The molecule has 2 aromatic rings. The van der Waals surface area contributed by atoms with E-state index in [4.69, 9.17) is 0 Å². The Kier molecular flexibility index (Phi) is 4.53. The molecule has 0 radical (unpaired) electrons. The van der Waals surface area contributed by atoms with Crippen LogP contribution in [0.25, 0.3) is 0 Å². The van der Waals surface area contributed by atoms with Gasteiger partial charge in [0.1, 0.15) is 17.3 Å². The van der Waals surface area contributed by atoms with Gasteiger partial charge in [-0.05, 0) is 38.1 Å². The van der Waals surface area contributed by atoms with E-state index in [0.29, 0.717) is 18.2 Å². The molecule has 2 aromatic heterocycles. The van der Waals surface area contributed by atoms with Gasteiger partial charge in [-0.3, -0.25) is 4.79 Å². The van der Waals surface area contributed by atoms with Crippen molar-refractivity contribution in [2.24, 2.45) is 0 Å². The maximum absolute atomic E-state index is 13.8. The van der Waals surface area contributed by atoms with E-state index in [1.165, 1.54) is 13.0 Å². The van der Waals surface area contributed by atoms with Gasteiger partial charge < -0.3 is 15.5 Å². The van der Waals surface area contributed by atoms with E-state index in [1.54, 1.807) is 12.1 Å². The van der Waals surface area contributed by atoms with Crippen LogP contribution in [-0.2, 0) is 16.1 Å². The number of nitrogens with zero attached hydrogens (tertiary/aromatic N) is 3. The number of fused-ring (bicyclic) bond motifs is 2. The summed E-state index contributed by atoms with van der Waals surface area (Å²) in [5, 5.41) is 6.08. The van der Waals surface area contributed by atoms with Crippen LogP contribution in [0.1, 0.15) is 37.9 Å². The second-order valence-corrected chi connectivity index (χ2v) is 7.65. The van der Waals surface area contributed by atoms with Crippen molar-refractivity contribution in [2.75, 3.05) is 29.9 Å². The number of anilines is 3. The molecule has 2 aliphatic heterocycles. The van der Waals surface area contributed by atoms with Crippen LogP contribution in [0.4, 0.5) is 26.1 Å². The molecule has 0 aliphatic carbocycles. The number of aromatic nitrogens is 2. The number of carbonyl (C=O) groups is 1. The Morgan fingerprint density at radius 3 is 2.75 bits per heavy atom. The summed E-state index contributed by atoms with van der Waals surface area (Å²) in [5.41, 5.74) is 1.59. The Bertz CT molecular complexity index is 906. The van der Waals surface area contributed by atoms with Crippen molar-refractivity contribution in [3.05, 3.63) is 41.7 Å². The highest BCUT2D eigenvalue weighted by molar-refractivity contribution is 5.88. The van der Waals surface area contributed by atoms with Crippen LogP contribution in [0.2, 0.25) is 0 Å². The van der Waals surface area contributed by atoms with Gasteiger partial charge >= 0.3 is 0 Å². The van der Waals surface area contributed by atoms with Gasteiger partial charge in [0.15, 0.2) is 0 Å². The van der Waals surface area contributed by atoms with Crippen molar-refractivity contribution in [2.45, 2.75) is 38.0 Å². The summed E-state index contributed by atoms with van der Waals surface area (Å²) in [7, 11) is 0. The topological polar surface area (TPSA) is 70.2 Å². The lowest BCUT2D eigenvalue weighted by Crippen LogP contribution is -2.42. The fourth-order valence-electron chi connectivity index (χ4n) is 4.15. The largest absolute Gasteiger partial charge is 0.325 e. The summed E-state index contributed by atoms with van der Waals surface area (Å²) in [6.45, 7) is 4.71.